The Hall–Kier alpha value is -3.75. The van der Waals surface area contributed by atoms with Crippen molar-refractivity contribution in [3.05, 3.63) is 49.2 Å². The van der Waals surface area contributed by atoms with Gasteiger partial charge in [0, 0.05) is 30.9 Å². The standard InChI is InChI=1S/C20H22N6O3/c1-20(2,3)18(27)25-19(28)24-17-6-5-14(10-22-17)29-13-7-8-21-15(9-13)16-11-26(4)12-23-16/h5-12H,1-4H3,(H2,22,24,25,27,28). The molecule has 0 saturated heterocycles. The van der Waals surface area contributed by atoms with Gasteiger partial charge in [-0.3, -0.25) is 20.4 Å². The number of ether oxygens (including phenoxy) is 1. The Balaban J connectivity index is 1.62. The van der Waals surface area contributed by atoms with Gasteiger partial charge in [0.05, 0.1) is 18.2 Å². The van der Waals surface area contributed by atoms with Gasteiger partial charge in [-0.2, -0.15) is 0 Å². The molecule has 0 saturated carbocycles. The van der Waals surface area contributed by atoms with E-state index in [2.05, 4.69) is 25.6 Å². The van der Waals surface area contributed by atoms with Crippen LogP contribution in [0.1, 0.15) is 20.8 Å². The fourth-order valence-electron chi connectivity index (χ4n) is 2.25. The lowest BCUT2D eigenvalue weighted by Gasteiger charge is -2.16. The lowest BCUT2D eigenvalue weighted by atomic mass is 9.96. The molecule has 0 fully saturated rings. The molecule has 3 heterocycles. The van der Waals surface area contributed by atoms with Gasteiger partial charge in [-0.1, -0.05) is 20.8 Å². The Morgan fingerprint density at radius 3 is 2.45 bits per heavy atom. The largest absolute Gasteiger partial charge is 0.456 e. The van der Waals surface area contributed by atoms with Crippen LogP contribution in [0.4, 0.5) is 10.6 Å². The average molecular weight is 394 g/mol. The maximum absolute atomic E-state index is 11.9. The number of carbonyl (C=O) groups excluding carboxylic acids is 2. The second-order valence-electron chi connectivity index (χ2n) is 7.44. The summed E-state index contributed by atoms with van der Waals surface area (Å²) in [4.78, 5) is 36.4. The number of aryl methyl sites for hydroxylation is 1. The molecule has 0 atom stereocenters. The lowest BCUT2D eigenvalue weighted by molar-refractivity contribution is -0.127. The molecule has 0 aliphatic rings. The van der Waals surface area contributed by atoms with Crippen molar-refractivity contribution in [3.8, 4) is 22.9 Å². The predicted octanol–water partition coefficient (Wildman–Crippen LogP) is 3.36. The zero-order chi connectivity index (χ0) is 21.0. The third-order valence-electron chi connectivity index (χ3n) is 3.82. The minimum absolute atomic E-state index is 0.292. The second-order valence-corrected chi connectivity index (χ2v) is 7.44. The number of rotatable bonds is 4. The number of hydrogen-bond donors (Lipinski definition) is 2. The van der Waals surface area contributed by atoms with Crippen LogP contribution in [0.15, 0.2) is 49.2 Å². The molecule has 0 aliphatic carbocycles. The maximum Gasteiger partial charge on any atom is 0.327 e. The molecule has 3 amide bonds. The first-order valence-corrected chi connectivity index (χ1v) is 8.91. The Morgan fingerprint density at radius 2 is 1.83 bits per heavy atom. The highest BCUT2D eigenvalue weighted by Gasteiger charge is 2.23. The number of nitrogens with one attached hydrogen (secondary N) is 2. The van der Waals surface area contributed by atoms with Gasteiger partial charge in [0.25, 0.3) is 0 Å². The smallest absolute Gasteiger partial charge is 0.327 e. The molecule has 3 aromatic rings. The number of imidazole rings is 1. The lowest BCUT2D eigenvalue weighted by Crippen LogP contribution is -2.41. The van der Waals surface area contributed by atoms with Gasteiger partial charge < -0.3 is 9.30 Å². The summed E-state index contributed by atoms with van der Waals surface area (Å²) in [6, 6.07) is 6.11. The van der Waals surface area contributed by atoms with Crippen molar-refractivity contribution in [1.29, 1.82) is 0 Å². The second kappa shape index (κ2) is 8.09. The van der Waals surface area contributed by atoms with E-state index < -0.39 is 11.4 Å². The molecular formula is C20H22N6O3. The van der Waals surface area contributed by atoms with E-state index in [1.54, 1.807) is 57.6 Å². The van der Waals surface area contributed by atoms with Gasteiger partial charge in [0.2, 0.25) is 5.91 Å². The minimum Gasteiger partial charge on any atom is -0.456 e. The van der Waals surface area contributed by atoms with Crippen LogP contribution in [-0.2, 0) is 11.8 Å². The number of nitrogens with zero attached hydrogens (tertiary/aromatic N) is 4. The van der Waals surface area contributed by atoms with E-state index in [1.807, 2.05) is 17.8 Å². The van der Waals surface area contributed by atoms with E-state index in [4.69, 9.17) is 4.74 Å². The van der Waals surface area contributed by atoms with E-state index in [0.29, 0.717) is 23.0 Å². The Labute approximate surface area is 168 Å². The third kappa shape index (κ3) is 5.38. The van der Waals surface area contributed by atoms with Crippen LogP contribution >= 0.6 is 0 Å². The molecule has 29 heavy (non-hydrogen) atoms. The van der Waals surface area contributed by atoms with Crippen LogP contribution < -0.4 is 15.4 Å². The van der Waals surface area contributed by atoms with E-state index in [9.17, 15) is 9.59 Å². The first-order valence-electron chi connectivity index (χ1n) is 8.91. The maximum atomic E-state index is 11.9. The molecule has 3 rings (SSSR count). The number of aromatic nitrogens is 4. The normalized spacial score (nSPS) is 11.0. The van der Waals surface area contributed by atoms with Gasteiger partial charge in [0.1, 0.15) is 23.0 Å². The quantitative estimate of drug-likeness (QED) is 0.702. The number of anilines is 1. The summed E-state index contributed by atoms with van der Waals surface area (Å²) in [6.45, 7) is 5.16. The van der Waals surface area contributed by atoms with Crippen molar-refractivity contribution >= 4 is 17.8 Å². The topological polar surface area (TPSA) is 111 Å². The molecule has 2 N–H and O–H groups in total. The molecule has 0 aromatic carbocycles. The van der Waals surface area contributed by atoms with Crippen molar-refractivity contribution in [1.82, 2.24) is 24.8 Å². The summed E-state index contributed by atoms with van der Waals surface area (Å²) in [5.74, 6) is 0.980. The summed E-state index contributed by atoms with van der Waals surface area (Å²) in [7, 11) is 1.89. The van der Waals surface area contributed by atoms with Gasteiger partial charge in [-0.25, -0.2) is 14.8 Å². The van der Waals surface area contributed by atoms with E-state index in [1.165, 1.54) is 6.20 Å². The molecule has 0 bridgehead atoms. The number of urea groups is 1. The average Bonchev–Trinajstić information content (AvgIpc) is 3.09. The number of amides is 3. The Morgan fingerprint density at radius 1 is 1.03 bits per heavy atom. The SMILES string of the molecule is Cn1cnc(-c2cc(Oc3ccc(NC(=O)NC(=O)C(C)(C)C)nc3)ccn2)c1. The van der Waals surface area contributed by atoms with Crippen LogP contribution in [0, 0.1) is 5.41 Å². The van der Waals surface area contributed by atoms with Crippen molar-refractivity contribution in [2.75, 3.05) is 5.32 Å². The van der Waals surface area contributed by atoms with Crippen molar-refractivity contribution in [2.45, 2.75) is 20.8 Å². The zero-order valence-electron chi connectivity index (χ0n) is 16.6. The van der Waals surface area contributed by atoms with Gasteiger partial charge in [0.15, 0.2) is 0 Å². The van der Waals surface area contributed by atoms with Gasteiger partial charge in [-0.15, -0.1) is 0 Å². The summed E-state index contributed by atoms with van der Waals surface area (Å²) < 4.78 is 7.64. The Bertz CT molecular complexity index is 1020. The number of hydrogen-bond acceptors (Lipinski definition) is 6. The number of pyridine rings is 2. The molecule has 0 unspecified atom stereocenters. The van der Waals surface area contributed by atoms with Crippen LogP contribution in [0.5, 0.6) is 11.5 Å². The Kier molecular flexibility index (Phi) is 5.58. The molecule has 3 aromatic heterocycles. The molecule has 0 radical (unpaired) electrons. The fourth-order valence-corrected chi connectivity index (χ4v) is 2.25. The molecule has 9 heteroatoms. The number of imide groups is 1. The summed E-state index contributed by atoms with van der Waals surface area (Å²) in [5.41, 5.74) is 0.766. The summed E-state index contributed by atoms with van der Waals surface area (Å²) in [5, 5.41) is 4.78. The predicted molar refractivity (Wildman–Crippen MR) is 107 cm³/mol. The van der Waals surface area contributed by atoms with Gasteiger partial charge in [-0.05, 0) is 18.2 Å². The first-order chi connectivity index (χ1) is 13.7. The van der Waals surface area contributed by atoms with Crippen LogP contribution in [0.3, 0.4) is 0 Å². The zero-order valence-corrected chi connectivity index (χ0v) is 16.6. The highest BCUT2D eigenvalue weighted by Crippen LogP contribution is 2.25. The third-order valence-corrected chi connectivity index (χ3v) is 3.82. The van der Waals surface area contributed by atoms with E-state index in [-0.39, 0.29) is 5.91 Å². The van der Waals surface area contributed by atoms with Gasteiger partial charge >= 0.3 is 6.03 Å². The summed E-state index contributed by atoms with van der Waals surface area (Å²) in [6.07, 6.45) is 6.68. The van der Waals surface area contributed by atoms with E-state index in [0.717, 1.165) is 5.69 Å². The van der Waals surface area contributed by atoms with Crippen LogP contribution in [-0.4, -0.2) is 31.5 Å². The monoisotopic (exact) mass is 394 g/mol. The van der Waals surface area contributed by atoms with Crippen molar-refractivity contribution in [2.24, 2.45) is 12.5 Å². The molecular weight excluding hydrogens is 372 g/mol. The molecule has 9 nitrogen and oxygen atoms in total. The first kappa shape index (κ1) is 20.0. The van der Waals surface area contributed by atoms with E-state index >= 15 is 0 Å². The highest BCUT2D eigenvalue weighted by molar-refractivity contribution is 6.02. The van der Waals surface area contributed by atoms with Crippen molar-refractivity contribution in [3.63, 3.8) is 0 Å². The van der Waals surface area contributed by atoms with Crippen molar-refractivity contribution < 1.29 is 14.3 Å². The van der Waals surface area contributed by atoms with Crippen LogP contribution in [0.25, 0.3) is 11.4 Å². The van der Waals surface area contributed by atoms with Crippen LogP contribution in [0.2, 0.25) is 0 Å². The molecule has 0 aliphatic heterocycles. The minimum atomic E-state index is -0.666. The highest BCUT2D eigenvalue weighted by atomic mass is 16.5. The molecule has 150 valence electrons. The number of carbonyl (C=O) groups is 2. The molecule has 0 spiro atoms. The summed E-state index contributed by atoms with van der Waals surface area (Å²) >= 11 is 0. The fraction of sp³-hybridized carbons (Fsp3) is 0.250.